The molecule has 0 heterocycles. The van der Waals surface area contributed by atoms with Crippen LogP contribution < -0.4 is 0 Å². The Bertz CT molecular complexity index is 915. The third kappa shape index (κ3) is 4.40. The predicted molar refractivity (Wildman–Crippen MR) is 124 cm³/mol. The van der Waals surface area contributed by atoms with Gasteiger partial charge >= 0.3 is 11.9 Å². The van der Waals surface area contributed by atoms with E-state index in [4.69, 9.17) is 9.47 Å². The minimum atomic E-state index is -1.03. The van der Waals surface area contributed by atoms with Crippen molar-refractivity contribution < 1.29 is 24.2 Å². The summed E-state index contributed by atoms with van der Waals surface area (Å²) in [5, 5.41) is 11.8. The molecule has 2 aliphatic rings. The Morgan fingerprint density at radius 3 is 2.41 bits per heavy atom. The molecule has 0 aromatic heterocycles. The van der Waals surface area contributed by atoms with Gasteiger partial charge in [0.05, 0.1) is 11.2 Å². The molecule has 2 aliphatic carbocycles. The highest BCUT2D eigenvalue weighted by atomic mass is 16.6. The topological polar surface area (TPSA) is 72.8 Å². The summed E-state index contributed by atoms with van der Waals surface area (Å²) in [7, 11) is 0. The van der Waals surface area contributed by atoms with Crippen LogP contribution in [-0.2, 0) is 14.3 Å². The van der Waals surface area contributed by atoms with Crippen LogP contribution in [0.15, 0.2) is 53.6 Å². The first-order valence-corrected chi connectivity index (χ1v) is 11.5. The van der Waals surface area contributed by atoms with Crippen molar-refractivity contribution in [1.82, 2.24) is 0 Å². The quantitative estimate of drug-likeness (QED) is 0.385. The number of benzene rings is 1. The lowest BCUT2D eigenvalue weighted by Crippen LogP contribution is -2.53. The first kappa shape index (κ1) is 24.2. The maximum Gasteiger partial charge on any atom is 0.338 e. The van der Waals surface area contributed by atoms with E-state index in [1.807, 2.05) is 32.9 Å². The molecule has 0 aliphatic heterocycles. The van der Waals surface area contributed by atoms with Crippen LogP contribution in [0.4, 0.5) is 0 Å². The average molecular weight is 441 g/mol. The minimum Gasteiger partial charge on any atom is -0.458 e. The van der Waals surface area contributed by atoms with Crippen molar-refractivity contribution in [3.05, 3.63) is 59.2 Å². The zero-order valence-corrected chi connectivity index (χ0v) is 20.1. The summed E-state index contributed by atoms with van der Waals surface area (Å²) in [6.45, 7) is 11.6. The van der Waals surface area contributed by atoms with E-state index >= 15 is 0 Å². The van der Waals surface area contributed by atoms with Gasteiger partial charge in [-0.1, -0.05) is 50.6 Å². The molecule has 3 rings (SSSR count). The number of carbonyl (C=O) groups is 2. The van der Waals surface area contributed by atoms with Gasteiger partial charge in [-0.05, 0) is 57.7 Å². The van der Waals surface area contributed by atoms with Crippen molar-refractivity contribution in [3.63, 3.8) is 0 Å². The number of allylic oxidation sites excluding steroid dienone is 1. The molecule has 1 fully saturated rings. The maximum absolute atomic E-state index is 13.0. The third-order valence-electron chi connectivity index (χ3n) is 7.55. The summed E-state index contributed by atoms with van der Waals surface area (Å²) in [5.74, 6) is -1.18. The zero-order valence-electron chi connectivity index (χ0n) is 20.1. The van der Waals surface area contributed by atoms with Crippen molar-refractivity contribution in [2.45, 2.75) is 78.6 Å². The van der Waals surface area contributed by atoms with Gasteiger partial charge in [0.15, 0.2) is 0 Å². The van der Waals surface area contributed by atoms with E-state index in [-0.39, 0.29) is 17.8 Å². The molecule has 1 N–H and O–H groups in total. The van der Waals surface area contributed by atoms with Crippen LogP contribution in [0.3, 0.4) is 0 Å². The lowest BCUT2D eigenvalue weighted by atomic mass is 9.66. The van der Waals surface area contributed by atoms with Gasteiger partial charge in [0.1, 0.15) is 12.2 Å². The van der Waals surface area contributed by atoms with Crippen LogP contribution in [0.5, 0.6) is 0 Å². The number of carbonyl (C=O) groups excluding carboxylic acids is 2. The average Bonchev–Trinajstić information content (AvgIpc) is 3.00. The molecule has 0 bridgehead atoms. The van der Waals surface area contributed by atoms with Crippen LogP contribution in [0.1, 0.15) is 71.2 Å². The minimum absolute atomic E-state index is 0.0423. The molecule has 5 nitrogen and oxygen atoms in total. The van der Waals surface area contributed by atoms with Gasteiger partial charge in [0, 0.05) is 23.3 Å². The fourth-order valence-electron chi connectivity index (χ4n) is 5.40. The monoisotopic (exact) mass is 440 g/mol. The van der Waals surface area contributed by atoms with Crippen LogP contribution in [0, 0.1) is 17.3 Å². The summed E-state index contributed by atoms with van der Waals surface area (Å²) in [4.78, 5) is 25.6. The summed E-state index contributed by atoms with van der Waals surface area (Å²) >= 11 is 0. The molecule has 0 saturated heterocycles. The lowest BCUT2D eigenvalue weighted by molar-refractivity contribution is -0.159. The first-order valence-electron chi connectivity index (χ1n) is 11.5. The molecule has 0 amide bonds. The van der Waals surface area contributed by atoms with E-state index in [0.29, 0.717) is 30.4 Å². The molecule has 0 radical (unpaired) electrons. The second-order valence-electron chi connectivity index (χ2n) is 9.95. The Kier molecular flexibility index (Phi) is 6.99. The number of hydrogen-bond acceptors (Lipinski definition) is 5. The van der Waals surface area contributed by atoms with Gasteiger partial charge in [-0.2, -0.15) is 0 Å². The number of fused-ring (bicyclic) bond motifs is 1. The normalized spacial score (nSPS) is 32.7. The van der Waals surface area contributed by atoms with Crippen molar-refractivity contribution in [1.29, 1.82) is 0 Å². The molecule has 174 valence electrons. The Morgan fingerprint density at radius 1 is 1.16 bits per heavy atom. The van der Waals surface area contributed by atoms with Crippen LogP contribution in [-0.4, -0.2) is 34.9 Å². The zero-order chi connectivity index (χ0) is 23.7. The number of ether oxygens (including phenoxy) is 2. The summed E-state index contributed by atoms with van der Waals surface area (Å²) in [5.41, 5.74) is 0.410. The maximum atomic E-state index is 13.0. The Labute approximate surface area is 191 Å². The molecule has 0 spiro atoms. The van der Waals surface area contributed by atoms with E-state index in [1.54, 1.807) is 44.2 Å². The number of aliphatic hydroxyl groups is 1. The highest BCUT2D eigenvalue weighted by Gasteiger charge is 2.63. The molecule has 1 saturated carbocycles. The second-order valence-corrected chi connectivity index (χ2v) is 9.95. The van der Waals surface area contributed by atoms with Crippen molar-refractivity contribution in [3.8, 4) is 0 Å². The summed E-state index contributed by atoms with van der Waals surface area (Å²) in [6.07, 6.45) is 4.41. The fraction of sp³-hybridized carbons (Fsp3) is 0.556. The van der Waals surface area contributed by atoms with Crippen LogP contribution in [0.25, 0.3) is 0 Å². The molecular formula is C27H36O5. The Balaban J connectivity index is 2.02. The number of hydrogen-bond donors (Lipinski definition) is 1. The highest BCUT2D eigenvalue weighted by molar-refractivity contribution is 5.89. The number of esters is 2. The van der Waals surface area contributed by atoms with Crippen LogP contribution >= 0.6 is 0 Å². The molecule has 32 heavy (non-hydrogen) atoms. The van der Waals surface area contributed by atoms with E-state index in [9.17, 15) is 14.7 Å². The van der Waals surface area contributed by atoms with Crippen molar-refractivity contribution >= 4 is 11.9 Å². The summed E-state index contributed by atoms with van der Waals surface area (Å²) in [6, 6.07) is 8.92. The Hall–Kier alpha value is -2.40. The number of rotatable bonds is 5. The lowest BCUT2D eigenvalue weighted by Gasteiger charge is -2.45. The smallest absolute Gasteiger partial charge is 0.338 e. The molecule has 5 atom stereocenters. The van der Waals surface area contributed by atoms with Gasteiger partial charge in [0.25, 0.3) is 0 Å². The first-order chi connectivity index (χ1) is 15.0. The second kappa shape index (κ2) is 9.22. The molecular weight excluding hydrogens is 404 g/mol. The standard InChI is InChI=1S/C27H36O5/c1-7-19(5)24(28)32-22-16-18(4)15-21(31-25(29)20-11-9-8-10-12-20)23-26(22,6)13-14-27(23,30)17(2)3/h7-12,16-17,21-23,30H,13-15H2,1-6H3. The van der Waals surface area contributed by atoms with Crippen molar-refractivity contribution in [2.75, 3.05) is 0 Å². The van der Waals surface area contributed by atoms with Gasteiger partial charge in [-0.15, -0.1) is 0 Å². The van der Waals surface area contributed by atoms with Gasteiger partial charge in [-0.3, -0.25) is 0 Å². The molecule has 5 unspecified atom stereocenters. The van der Waals surface area contributed by atoms with Gasteiger partial charge in [0.2, 0.25) is 0 Å². The van der Waals surface area contributed by atoms with Gasteiger partial charge < -0.3 is 14.6 Å². The van der Waals surface area contributed by atoms with E-state index in [1.165, 1.54) is 0 Å². The fourth-order valence-corrected chi connectivity index (χ4v) is 5.40. The van der Waals surface area contributed by atoms with E-state index < -0.39 is 29.2 Å². The predicted octanol–water partition coefficient (Wildman–Crippen LogP) is 5.24. The van der Waals surface area contributed by atoms with E-state index in [2.05, 4.69) is 6.92 Å². The van der Waals surface area contributed by atoms with Crippen molar-refractivity contribution in [2.24, 2.45) is 17.3 Å². The Morgan fingerprint density at radius 2 is 1.81 bits per heavy atom. The summed E-state index contributed by atoms with van der Waals surface area (Å²) < 4.78 is 12.1. The molecule has 1 aromatic rings. The molecule has 5 heteroatoms. The third-order valence-corrected chi connectivity index (χ3v) is 7.55. The largest absolute Gasteiger partial charge is 0.458 e. The van der Waals surface area contributed by atoms with E-state index in [0.717, 1.165) is 5.57 Å². The highest BCUT2D eigenvalue weighted by Crippen LogP contribution is 2.58. The van der Waals surface area contributed by atoms with Crippen LogP contribution in [0.2, 0.25) is 0 Å². The SMILES string of the molecule is CC=C(C)C(=O)OC1C=C(C)CC(OC(=O)c2ccccc2)C2C1(C)CCC2(O)C(C)C. The van der Waals surface area contributed by atoms with Gasteiger partial charge in [-0.25, -0.2) is 9.59 Å². The molecule has 1 aromatic carbocycles.